The molecular weight excluding hydrogens is 1000 g/mol. The number of benzene rings is 7. The van der Waals surface area contributed by atoms with Gasteiger partial charge >= 0.3 is 0 Å². The molecule has 1 fully saturated rings. The van der Waals surface area contributed by atoms with Crippen molar-refractivity contribution in [1.29, 1.82) is 0 Å². The Morgan fingerprint density at radius 1 is 0.386 bits per heavy atom. The van der Waals surface area contributed by atoms with Crippen molar-refractivity contribution in [2.75, 3.05) is 14.7 Å². The Balaban J connectivity index is 1.22. The summed E-state index contributed by atoms with van der Waals surface area (Å²) in [5.41, 5.74) is 30.0. The van der Waals surface area contributed by atoms with E-state index in [1.807, 2.05) is 0 Å². The fraction of sp³-hybridized carbons (Fsp3) is 0.468. The van der Waals surface area contributed by atoms with Gasteiger partial charge in [-0.3, -0.25) is 0 Å². The van der Waals surface area contributed by atoms with Gasteiger partial charge in [0.15, 0.2) is 0 Å². The monoisotopic (exact) mass is 1100 g/mol. The lowest BCUT2D eigenvalue weighted by atomic mass is 9.33. The van der Waals surface area contributed by atoms with Crippen LogP contribution >= 0.6 is 0 Å². The van der Waals surface area contributed by atoms with Crippen LogP contribution in [0.15, 0.2) is 121 Å². The summed E-state index contributed by atoms with van der Waals surface area (Å²) >= 11 is 0. The molecule has 0 radical (unpaired) electrons. The van der Waals surface area contributed by atoms with Crippen molar-refractivity contribution in [1.82, 2.24) is 0 Å². The van der Waals surface area contributed by atoms with E-state index in [1.165, 1.54) is 149 Å². The molecule has 0 amide bonds. The average Bonchev–Trinajstić information content (AvgIpc) is 2.75. The largest absolute Gasteiger partial charge is 0.334 e. The molecule has 6 aliphatic rings. The van der Waals surface area contributed by atoms with E-state index in [2.05, 4.69) is 275 Å². The molecule has 7 aromatic carbocycles. The maximum Gasteiger partial charge on any atom is 0.252 e. The Labute approximate surface area is 501 Å². The number of rotatable bonds is 4. The predicted octanol–water partition coefficient (Wildman–Crippen LogP) is 20.1. The number of anilines is 8. The molecule has 0 bridgehead atoms. The minimum Gasteiger partial charge on any atom is -0.334 e. The molecule has 83 heavy (non-hydrogen) atoms. The lowest BCUT2D eigenvalue weighted by molar-refractivity contribution is 0.195. The van der Waals surface area contributed by atoms with Gasteiger partial charge in [-0.1, -0.05) is 210 Å². The van der Waals surface area contributed by atoms with Crippen molar-refractivity contribution in [3.05, 3.63) is 171 Å². The van der Waals surface area contributed by atoms with Crippen LogP contribution in [0.25, 0.3) is 11.1 Å². The zero-order valence-corrected chi connectivity index (χ0v) is 54.6. The van der Waals surface area contributed by atoms with E-state index in [0.29, 0.717) is 0 Å². The van der Waals surface area contributed by atoms with Crippen LogP contribution in [-0.4, -0.2) is 12.3 Å². The summed E-state index contributed by atoms with van der Waals surface area (Å²) in [6, 6.07) is 50.2. The van der Waals surface area contributed by atoms with E-state index in [-0.39, 0.29) is 55.6 Å². The summed E-state index contributed by atoms with van der Waals surface area (Å²) in [5.74, 6) is 0. The molecule has 0 spiro atoms. The standard InChI is InChI=1S/C79H96BN3/c1-49-40-56-58(76(15,16)38-36-74(56,11)12)47-66(49)82-65-33-30-53(73(8,9)10)43-61(65)80-62-46-57-59(77(17,18)39-37-75(57,13)14)48-67(62)81(63-31-28-51(71(2,3)4)41-55(63)50-26-22-21-23-27-50)68-44-54(45-69(82)70(68)80)83-64-32-29-52(72(5,6)7)42-60(64)78(19)34-24-25-35-79(78,83)20/h21-23,26-33,40-48H,24-25,34-39H2,1-20H3. The van der Waals surface area contributed by atoms with Gasteiger partial charge in [0.2, 0.25) is 0 Å². The summed E-state index contributed by atoms with van der Waals surface area (Å²) < 4.78 is 0. The SMILES string of the molecule is Cc1cc2c(cc1N1c3ccc(C(C)(C)C)cc3B3c4cc5c(cc4N(c4ccc(C(C)(C)C)cc4-c4ccccc4)c4cc(N6c7ccc(C(C)(C)C)cc7C7(C)CCCCC67C)cc1c43)C(C)(C)CCC5(C)C)C(C)(C)CCC2(C)C. The number of nitrogens with zero attached hydrogens (tertiary/aromatic N) is 3. The van der Waals surface area contributed by atoms with Crippen LogP contribution < -0.4 is 31.1 Å². The minimum absolute atomic E-state index is 0.00458. The summed E-state index contributed by atoms with van der Waals surface area (Å²) in [4.78, 5) is 8.46. The first-order chi connectivity index (χ1) is 38.7. The Morgan fingerprint density at radius 3 is 1.41 bits per heavy atom. The Bertz CT molecular complexity index is 3830. The number of aryl methyl sites for hydroxylation is 1. The minimum atomic E-state index is -0.170. The highest BCUT2D eigenvalue weighted by Crippen LogP contribution is 2.63. The van der Waals surface area contributed by atoms with E-state index in [9.17, 15) is 0 Å². The van der Waals surface area contributed by atoms with Crippen LogP contribution in [0.2, 0.25) is 0 Å². The van der Waals surface area contributed by atoms with Crippen LogP contribution in [0.3, 0.4) is 0 Å². The number of hydrogen-bond acceptors (Lipinski definition) is 3. The molecule has 3 aliphatic heterocycles. The molecule has 3 heterocycles. The van der Waals surface area contributed by atoms with Gasteiger partial charge in [-0.2, -0.15) is 0 Å². The third-order valence-electron chi connectivity index (χ3n) is 22.7. The topological polar surface area (TPSA) is 9.72 Å². The molecular formula is C79H96BN3. The van der Waals surface area contributed by atoms with Gasteiger partial charge in [-0.15, -0.1) is 0 Å². The molecule has 13 rings (SSSR count). The highest BCUT2D eigenvalue weighted by molar-refractivity contribution is 7.00. The molecule has 2 atom stereocenters. The van der Waals surface area contributed by atoms with Gasteiger partial charge in [-0.25, -0.2) is 0 Å². The maximum atomic E-state index is 2.88. The first-order valence-electron chi connectivity index (χ1n) is 32.1. The predicted molar refractivity (Wildman–Crippen MR) is 360 cm³/mol. The Hall–Kier alpha value is -6.00. The summed E-state index contributed by atoms with van der Waals surface area (Å²) in [6.45, 7) is 49.2. The van der Waals surface area contributed by atoms with Gasteiger partial charge in [0.25, 0.3) is 6.71 Å². The van der Waals surface area contributed by atoms with Crippen molar-refractivity contribution in [2.24, 2.45) is 0 Å². The molecule has 430 valence electrons. The van der Waals surface area contributed by atoms with Crippen LogP contribution in [0.4, 0.5) is 45.5 Å². The van der Waals surface area contributed by atoms with Crippen LogP contribution in [0, 0.1) is 6.92 Å². The highest BCUT2D eigenvalue weighted by atomic mass is 15.3. The lowest BCUT2D eigenvalue weighted by Gasteiger charge is -2.51. The number of hydrogen-bond donors (Lipinski definition) is 0. The molecule has 2 unspecified atom stereocenters. The third-order valence-corrected chi connectivity index (χ3v) is 22.7. The summed E-state index contributed by atoms with van der Waals surface area (Å²) in [6.07, 6.45) is 9.43. The second-order valence-corrected chi connectivity index (χ2v) is 33.2. The Morgan fingerprint density at radius 2 is 0.843 bits per heavy atom. The normalized spacial score (nSPS) is 22.5. The van der Waals surface area contributed by atoms with E-state index in [4.69, 9.17) is 0 Å². The van der Waals surface area contributed by atoms with Crippen molar-refractivity contribution >= 4 is 68.6 Å². The summed E-state index contributed by atoms with van der Waals surface area (Å²) in [7, 11) is 0. The Kier molecular flexibility index (Phi) is 12.2. The smallest absolute Gasteiger partial charge is 0.252 e. The molecule has 0 N–H and O–H groups in total. The fourth-order valence-electron chi connectivity index (χ4n) is 16.8. The molecule has 0 saturated heterocycles. The highest BCUT2D eigenvalue weighted by Gasteiger charge is 2.59. The zero-order valence-electron chi connectivity index (χ0n) is 54.6. The van der Waals surface area contributed by atoms with Gasteiger partial charge in [-0.05, 0) is 211 Å². The lowest BCUT2D eigenvalue weighted by Crippen LogP contribution is -2.62. The van der Waals surface area contributed by atoms with Crippen molar-refractivity contribution in [2.45, 2.75) is 239 Å². The van der Waals surface area contributed by atoms with Gasteiger partial charge in [0.1, 0.15) is 0 Å². The molecule has 0 aromatic heterocycles. The zero-order chi connectivity index (χ0) is 59.3. The molecule has 7 aromatic rings. The quantitative estimate of drug-likeness (QED) is 0.163. The van der Waals surface area contributed by atoms with Crippen LogP contribution in [-0.2, 0) is 43.3 Å². The second kappa shape index (κ2) is 18.0. The van der Waals surface area contributed by atoms with E-state index < -0.39 is 0 Å². The van der Waals surface area contributed by atoms with Gasteiger partial charge in [0, 0.05) is 50.8 Å². The second-order valence-electron chi connectivity index (χ2n) is 33.2. The first-order valence-corrected chi connectivity index (χ1v) is 32.1. The van der Waals surface area contributed by atoms with Gasteiger partial charge in [0.05, 0.1) is 11.2 Å². The molecule has 1 saturated carbocycles. The number of fused-ring (bicyclic) bond motifs is 9. The van der Waals surface area contributed by atoms with Crippen molar-refractivity contribution in [3.63, 3.8) is 0 Å². The van der Waals surface area contributed by atoms with Crippen molar-refractivity contribution < 1.29 is 0 Å². The van der Waals surface area contributed by atoms with E-state index >= 15 is 0 Å². The third kappa shape index (κ3) is 8.37. The first kappa shape index (κ1) is 56.2. The van der Waals surface area contributed by atoms with Gasteiger partial charge < -0.3 is 14.7 Å². The average molecular weight is 1100 g/mol. The molecule has 3 nitrogen and oxygen atoms in total. The van der Waals surface area contributed by atoms with Crippen LogP contribution in [0.5, 0.6) is 0 Å². The molecule has 3 aliphatic carbocycles. The molecule has 4 heteroatoms. The maximum absolute atomic E-state index is 2.88. The van der Waals surface area contributed by atoms with E-state index in [1.54, 1.807) is 0 Å². The van der Waals surface area contributed by atoms with Crippen molar-refractivity contribution in [3.8, 4) is 11.1 Å². The van der Waals surface area contributed by atoms with Crippen LogP contribution in [0.1, 0.15) is 233 Å². The fourth-order valence-corrected chi connectivity index (χ4v) is 16.8. The summed E-state index contributed by atoms with van der Waals surface area (Å²) in [5, 5.41) is 0. The van der Waals surface area contributed by atoms with E-state index in [0.717, 1.165) is 25.7 Å².